The summed E-state index contributed by atoms with van der Waals surface area (Å²) in [5.41, 5.74) is 0. The van der Waals surface area contributed by atoms with Crippen molar-refractivity contribution in [2.24, 2.45) is 0 Å². The van der Waals surface area contributed by atoms with Gasteiger partial charge in [-0.25, -0.2) is 0 Å². The molecule has 4 unspecified atom stereocenters. The number of allylic oxidation sites excluding steroid dienone is 8. The molecule has 0 rings (SSSR count). The lowest BCUT2D eigenvalue weighted by molar-refractivity contribution is -0.132. The number of rotatable bonds is 53. The number of carbonyl (C=O) groups is 1. The maximum Gasteiger partial charge on any atom is 0.249 e. The summed E-state index contributed by atoms with van der Waals surface area (Å²) in [5.74, 6) is -0.598. The van der Waals surface area contributed by atoms with Crippen molar-refractivity contribution in [3.63, 3.8) is 0 Å². The first-order chi connectivity index (χ1) is 32.5. The molecule has 0 saturated carbocycles. The van der Waals surface area contributed by atoms with Crippen LogP contribution in [0.4, 0.5) is 0 Å². The van der Waals surface area contributed by atoms with Crippen LogP contribution < -0.4 is 5.32 Å². The molecule has 66 heavy (non-hydrogen) atoms. The first-order valence-electron chi connectivity index (χ1n) is 29.0. The van der Waals surface area contributed by atoms with E-state index in [9.17, 15) is 25.2 Å². The van der Waals surface area contributed by atoms with E-state index in [0.29, 0.717) is 19.3 Å². The van der Waals surface area contributed by atoms with Crippen LogP contribution in [0.3, 0.4) is 0 Å². The largest absolute Gasteiger partial charge is 0.394 e. The molecule has 6 nitrogen and oxygen atoms in total. The molecule has 5 N–H and O–H groups in total. The normalized spacial score (nSPS) is 14.1. The Kier molecular flexibility index (Phi) is 52.8. The van der Waals surface area contributed by atoms with Gasteiger partial charge in [0.1, 0.15) is 12.2 Å². The zero-order chi connectivity index (χ0) is 48.1. The fraction of sp³-hybridized carbons (Fsp3) is 0.850. The van der Waals surface area contributed by atoms with Crippen LogP contribution in [0.1, 0.15) is 296 Å². The summed E-state index contributed by atoms with van der Waals surface area (Å²) in [6, 6.07) is -1.01. The van der Waals surface area contributed by atoms with Crippen LogP contribution in [-0.2, 0) is 4.79 Å². The van der Waals surface area contributed by atoms with Gasteiger partial charge in [-0.1, -0.05) is 262 Å². The minimum absolute atomic E-state index is 0.356. The van der Waals surface area contributed by atoms with E-state index < -0.39 is 36.9 Å². The standard InChI is InChI=1S/C60H113NO5/c1-3-5-7-9-11-13-15-17-19-21-23-25-27-29-30-32-34-36-38-40-42-44-46-48-50-52-54-58(64)60(66)61-56(55-62)59(65)57(63)53-51-49-47-45-43-41-39-37-35-33-31-28-26-24-22-20-18-16-14-12-10-8-6-4-2/h23,25,29-30,37,39,45,47,56-59,62-65H,3-22,24,26-28,31-36,38,40-44,46,48-55H2,1-2H3,(H,61,66)/b25-23-,30-29-,39-37+,47-45+. The third kappa shape index (κ3) is 47.3. The summed E-state index contributed by atoms with van der Waals surface area (Å²) in [7, 11) is 0. The molecule has 0 saturated heterocycles. The number of unbranched alkanes of at least 4 members (excludes halogenated alkanes) is 36. The van der Waals surface area contributed by atoms with Crippen molar-refractivity contribution < 1.29 is 25.2 Å². The van der Waals surface area contributed by atoms with E-state index in [-0.39, 0.29) is 0 Å². The summed E-state index contributed by atoms with van der Waals surface area (Å²) in [5, 5.41) is 44.0. The quantitative estimate of drug-likeness (QED) is 0.0308. The highest BCUT2D eigenvalue weighted by atomic mass is 16.3. The number of nitrogens with one attached hydrogen (secondary N) is 1. The van der Waals surface area contributed by atoms with Crippen molar-refractivity contribution in [2.75, 3.05) is 6.61 Å². The van der Waals surface area contributed by atoms with Crippen LogP contribution in [0.25, 0.3) is 0 Å². The van der Waals surface area contributed by atoms with Gasteiger partial charge in [0.25, 0.3) is 0 Å². The Labute approximate surface area is 410 Å². The van der Waals surface area contributed by atoms with E-state index >= 15 is 0 Å². The van der Waals surface area contributed by atoms with Crippen molar-refractivity contribution in [3.8, 4) is 0 Å². The van der Waals surface area contributed by atoms with Crippen molar-refractivity contribution in [1.29, 1.82) is 0 Å². The summed E-state index contributed by atoms with van der Waals surface area (Å²) in [4.78, 5) is 12.6. The fourth-order valence-corrected chi connectivity index (χ4v) is 8.92. The highest BCUT2D eigenvalue weighted by Gasteiger charge is 2.28. The molecular formula is C60H113NO5. The van der Waals surface area contributed by atoms with E-state index in [4.69, 9.17) is 0 Å². The van der Waals surface area contributed by atoms with Gasteiger partial charge in [0.2, 0.25) is 5.91 Å². The van der Waals surface area contributed by atoms with Crippen LogP contribution in [0.2, 0.25) is 0 Å². The van der Waals surface area contributed by atoms with Gasteiger partial charge in [-0.05, 0) is 83.5 Å². The smallest absolute Gasteiger partial charge is 0.249 e. The number of carbonyl (C=O) groups excluding carboxylic acids is 1. The average molecular weight is 929 g/mol. The van der Waals surface area contributed by atoms with Crippen LogP contribution in [0, 0.1) is 0 Å². The van der Waals surface area contributed by atoms with Gasteiger partial charge in [-0.15, -0.1) is 0 Å². The van der Waals surface area contributed by atoms with E-state index in [1.54, 1.807) is 0 Å². The third-order valence-electron chi connectivity index (χ3n) is 13.5. The molecule has 4 atom stereocenters. The molecule has 0 radical (unpaired) electrons. The van der Waals surface area contributed by atoms with Gasteiger partial charge in [0, 0.05) is 0 Å². The van der Waals surface area contributed by atoms with Crippen LogP contribution in [0.5, 0.6) is 0 Å². The van der Waals surface area contributed by atoms with Gasteiger partial charge in [0.15, 0.2) is 0 Å². The van der Waals surface area contributed by atoms with E-state index in [1.165, 1.54) is 218 Å². The Bertz CT molecular complexity index is 1090. The molecule has 0 aromatic heterocycles. The molecule has 0 aliphatic heterocycles. The van der Waals surface area contributed by atoms with Crippen molar-refractivity contribution >= 4 is 5.91 Å². The summed E-state index contributed by atoms with van der Waals surface area (Å²) in [6.07, 6.45) is 69.0. The molecule has 0 aliphatic carbocycles. The minimum Gasteiger partial charge on any atom is -0.394 e. The van der Waals surface area contributed by atoms with Crippen molar-refractivity contribution in [1.82, 2.24) is 5.32 Å². The topological polar surface area (TPSA) is 110 Å². The van der Waals surface area contributed by atoms with E-state index in [0.717, 1.165) is 44.9 Å². The highest BCUT2D eigenvalue weighted by molar-refractivity contribution is 5.80. The van der Waals surface area contributed by atoms with Crippen LogP contribution in [0.15, 0.2) is 48.6 Å². The summed E-state index contributed by atoms with van der Waals surface area (Å²) >= 11 is 0. The molecule has 0 aromatic rings. The third-order valence-corrected chi connectivity index (χ3v) is 13.5. The molecule has 6 heteroatoms. The molecule has 0 spiro atoms. The van der Waals surface area contributed by atoms with Gasteiger partial charge in [-0.2, -0.15) is 0 Å². The Morgan fingerprint density at radius 3 is 1.05 bits per heavy atom. The predicted octanol–water partition coefficient (Wildman–Crippen LogP) is 17.0. The fourth-order valence-electron chi connectivity index (χ4n) is 8.92. The maximum absolute atomic E-state index is 12.6. The van der Waals surface area contributed by atoms with Gasteiger partial charge >= 0.3 is 0 Å². The highest BCUT2D eigenvalue weighted by Crippen LogP contribution is 2.17. The first kappa shape index (κ1) is 64.3. The second-order valence-electron chi connectivity index (χ2n) is 20.0. The lowest BCUT2D eigenvalue weighted by atomic mass is 10.00. The van der Waals surface area contributed by atoms with Gasteiger partial charge < -0.3 is 25.7 Å². The SMILES string of the molecule is CCCCCCCCCCC/C=C\C/C=C\CCCCCCCCCCCCC(O)C(=O)NC(CO)C(O)C(O)CCC/C=C/CC/C=C/CCCCCCCCCCCCCCCCC. The number of aliphatic hydroxyl groups excluding tert-OH is 4. The monoisotopic (exact) mass is 928 g/mol. The molecular weight excluding hydrogens is 815 g/mol. The summed E-state index contributed by atoms with van der Waals surface area (Å²) in [6.45, 7) is 4.07. The number of hydrogen-bond donors (Lipinski definition) is 5. The van der Waals surface area contributed by atoms with Crippen LogP contribution in [-0.4, -0.2) is 57.3 Å². The zero-order valence-electron chi connectivity index (χ0n) is 43.9. The van der Waals surface area contributed by atoms with Crippen molar-refractivity contribution in [3.05, 3.63) is 48.6 Å². The van der Waals surface area contributed by atoms with E-state index in [2.05, 4.69) is 67.8 Å². The zero-order valence-corrected chi connectivity index (χ0v) is 43.9. The Hall–Kier alpha value is -1.73. The molecule has 1 amide bonds. The predicted molar refractivity (Wildman–Crippen MR) is 288 cm³/mol. The van der Waals surface area contributed by atoms with Gasteiger partial charge in [-0.3, -0.25) is 4.79 Å². The Morgan fingerprint density at radius 1 is 0.379 bits per heavy atom. The Balaban J connectivity index is 3.70. The second-order valence-corrected chi connectivity index (χ2v) is 20.0. The minimum atomic E-state index is -1.29. The second kappa shape index (κ2) is 54.2. The molecule has 388 valence electrons. The average Bonchev–Trinajstić information content (AvgIpc) is 3.32. The molecule has 0 aliphatic rings. The maximum atomic E-state index is 12.6. The van der Waals surface area contributed by atoms with Crippen molar-refractivity contribution in [2.45, 2.75) is 321 Å². The molecule has 0 aromatic carbocycles. The number of hydrogen-bond acceptors (Lipinski definition) is 5. The molecule has 0 heterocycles. The molecule has 0 fully saturated rings. The Morgan fingerprint density at radius 2 is 0.682 bits per heavy atom. The van der Waals surface area contributed by atoms with E-state index in [1.807, 2.05) is 0 Å². The lowest BCUT2D eigenvalue weighted by Gasteiger charge is -2.27. The number of amides is 1. The lowest BCUT2D eigenvalue weighted by Crippen LogP contribution is -2.53. The first-order valence-corrected chi connectivity index (χ1v) is 29.0. The summed E-state index contributed by atoms with van der Waals surface area (Å²) < 4.78 is 0. The van der Waals surface area contributed by atoms with Gasteiger partial charge in [0.05, 0.1) is 18.8 Å². The molecule has 0 bridgehead atoms. The van der Waals surface area contributed by atoms with Crippen LogP contribution >= 0.6 is 0 Å². The number of aliphatic hydroxyl groups is 4.